The molecule has 0 spiro atoms. The Bertz CT molecular complexity index is 305. The Kier molecular flexibility index (Phi) is 3.70. The summed E-state index contributed by atoms with van der Waals surface area (Å²) in [6.07, 6.45) is 9.45. The van der Waals surface area contributed by atoms with Gasteiger partial charge in [0, 0.05) is 35.9 Å². The SMILES string of the molecule is Cn1cc(C(N)CSC2CCCC2)cn1. The van der Waals surface area contributed by atoms with Crippen molar-refractivity contribution >= 4 is 11.8 Å². The van der Waals surface area contributed by atoms with E-state index in [2.05, 4.69) is 5.10 Å². The molecular weight excluding hydrogens is 206 g/mol. The third kappa shape index (κ3) is 2.98. The van der Waals surface area contributed by atoms with Crippen molar-refractivity contribution in [3.63, 3.8) is 0 Å². The number of nitrogens with zero attached hydrogens (tertiary/aromatic N) is 2. The van der Waals surface area contributed by atoms with Crippen LogP contribution in [0.15, 0.2) is 12.4 Å². The molecule has 1 aromatic heterocycles. The van der Waals surface area contributed by atoms with Crippen LogP contribution in [0.5, 0.6) is 0 Å². The second kappa shape index (κ2) is 5.03. The fraction of sp³-hybridized carbons (Fsp3) is 0.727. The summed E-state index contributed by atoms with van der Waals surface area (Å²) in [6.45, 7) is 0. The summed E-state index contributed by atoms with van der Waals surface area (Å²) in [5, 5.41) is 5.00. The molecule has 1 aliphatic rings. The summed E-state index contributed by atoms with van der Waals surface area (Å²) in [4.78, 5) is 0. The maximum Gasteiger partial charge on any atom is 0.0537 e. The smallest absolute Gasteiger partial charge is 0.0537 e. The van der Waals surface area contributed by atoms with Gasteiger partial charge in [0.05, 0.1) is 6.20 Å². The number of aromatic nitrogens is 2. The van der Waals surface area contributed by atoms with Crippen LogP contribution in [0, 0.1) is 0 Å². The molecule has 1 aliphatic carbocycles. The number of hydrogen-bond acceptors (Lipinski definition) is 3. The van der Waals surface area contributed by atoms with E-state index in [0.29, 0.717) is 0 Å². The van der Waals surface area contributed by atoms with Gasteiger partial charge in [0.2, 0.25) is 0 Å². The molecule has 1 fully saturated rings. The summed E-state index contributed by atoms with van der Waals surface area (Å²) < 4.78 is 1.81. The monoisotopic (exact) mass is 225 g/mol. The highest BCUT2D eigenvalue weighted by Crippen LogP contribution is 2.31. The van der Waals surface area contributed by atoms with Gasteiger partial charge in [-0.3, -0.25) is 4.68 Å². The highest BCUT2D eigenvalue weighted by atomic mass is 32.2. The van der Waals surface area contributed by atoms with Crippen LogP contribution in [0.3, 0.4) is 0 Å². The first kappa shape index (κ1) is 11.0. The molecular formula is C11H19N3S. The first-order valence-electron chi connectivity index (χ1n) is 5.61. The van der Waals surface area contributed by atoms with Gasteiger partial charge in [-0.2, -0.15) is 16.9 Å². The topological polar surface area (TPSA) is 43.8 Å². The average Bonchev–Trinajstić information content (AvgIpc) is 2.84. The van der Waals surface area contributed by atoms with Crippen LogP contribution in [-0.4, -0.2) is 20.8 Å². The zero-order chi connectivity index (χ0) is 10.7. The van der Waals surface area contributed by atoms with Crippen molar-refractivity contribution < 1.29 is 0 Å². The first-order chi connectivity index (χ1) is 7.25. The quantitative estimate of drug-likeness (QED) is 0.853. The molecule has 0 saturated heterocycles. The molecule has 1 aromatic rings. The van der Waals surface area contributed by atoms with E-state index in [1.54, 1.807) is 0 Å². The van der Waals surface area contributed by atoms with Gasteiger partial charge in [-0.05, 0) is 12.8 Å². The fourth-order valence-electron chi connectivity index (χ4n) is 2.02. The largest absolute Gasteiger partial charge is 0.323 e. The van der Waals surface area contributed by atoms with Gasteiger partial charge in [-0.25, -0.2) is 0 Å². The second-order valence-electron chi connectivity index (χ2n) is 4.29. The summed E-state index contributed by atoms with van der Waals surface area (Å²) in [5.74, 6) is 1.02. The van der Waals surface area contributed by atoms with E-state index in [1.165, 1.54) is 25.7 Å². The summed E-state index contributed by atoms with van der Waals surface area (Å²) in [7, 11) is 1.93. The van der Waals surface area contributed by atoms with Gasteiger partial charge in [-0.1, -0.05) is 12.8 Å². The summed E-state index contributed by atoms with van der Waals surface area (Å²) in [6, 6.07) is 0.143. The van der Waals surface area contributed by atoms with Crippen molar-refractivity contribution in [2.24, 2.45) is 12.8 Å². The number of rotatable bonds is 4. The molecule has 0 amide bonds. The van der Waals surface area contributed by atoms with Crippen LogP contribution in [0.2, 0.25) is 0 Å². The van der Waals surface area contributed by atoms with Crippen molar-refractivity contribution in [2.45, 2.75) is 37.0 Å². The zero-order valence-corrected chi connectivity index (χ0v) is 10.0. The van der Waals surface area contributed by atoms with Crippen LogP contribution < -0.4 is 5.73 Å². The van der Waals surface area contributed by atoms with Gasteiger partial charge in [0.1, 0.15) is 0 Å². The first-order valence-corrected chi connectivity index (χ1v) is 6.66. The number of thioether (sulfide) groups is 1. The lowest BCUT2D eigenvalue weighted by molar-refractivity contribution is 0.763. The van der Waals surface area contributed by atoms with Crippen LogP contribution in [0.1, 0.15) is 37.3 Å². The Morgan fingerprint density at radius 2 is 2.33 bits per heavy atom. The van der Waals surface area contributed by atoms with Gasteiger partial charge >= 0.3 is 0 Å². The Morgan fingerprint density at radius 3 is 2.93 bits per heavy atom. The molecule has 1 atom stereocenters. The Morgan fingerprint density at radius 1 is 1.60 bits per heavy atom. The van der Waals surface area contributed by atoms with Crippen molar-refractivity contribution in [1.82, 2.24) is 9.78 Å². The van der Waals surface area contributed by atoms with E-state index in [-0.39, 0.29) is 6.04 Å². The lowest BCUT2D eigenvalue weighted by Crippen LogP contribution is -2.14. The molecule has 0 bridgehead atoms. The van der Waals surface area contributed by atoms with Gasteiger partial charge in [0.25, 0.3) is 0 Å². The summed E-state index contributed by atoms with van der Waals surface area (Å²) in [5.41, 5.74) is 7.27. The van der Waals surface area contributed by atoms with Crippen molar-refractivity contribution in [3.05, 3.63) is 18.0 Å². The Balaban J connectivity index is 1.79. The molecule has 0 aliphatic heterocycles. The normalized spacial score (nSPS) is 19.6. The van der Waals surface area contributed by atoms with E-state index in [0.717, 1.165) is 16.6 Å². The van der Waals surface area contributed by atoms with E-state index in [1.807, 2.05) is 35.9 Å². The van der Waals surface area contributed by atoms with Crippen molar-refractivity contribution in [2.75, 3.05) is 5.75 Å². The predicted octanol–water partition coefficient (Wildman–Crippen LogP) is 2.10. The lowest BCUT2D eigenvalue weighted by atomic mass is 10.2. The van der Waals surface area contributed by atoms with Crippen molar-refractivity contribution in [1.29, 1.82) is 0 Å². The molecule has 3 nitrogen and oxygen atoms in total. The number of hydrogen-bond donors (Lipinski definition) is 1. The zero-order valence-electron chi connectivity index (χ0n) is 9.22. The molecule has 0 aromatic carbocycles. The van der Waals surface area contributed by atoms with E-state index in [4.69, 9.17) is 5.73 Å². The number of aryl methyl sites for hydroxylation is 1. The van der Waals surface area contributed by atoms with E-state index < -0.39 is 0 Å². The minimum Gasteiger partial charge on any atom is -0.323 e. The average molecular weight is 225 g/mol. The number of nitrogens with two attached hydrogens (primary N) is 1. The molecule has 1 unspecified atom stereocenters. The molecule has 4 heteroatoms. The fourth-order valence-corrected chi connectivity index (χ4v) is 3.36. The molecule has 0 radical (unpaired) electrons. The standard InChI is InChI=1S/C11H19N3S/c1-14-7-9(6-13-14)11(12)8-15-10-4-2-3-5-10/h6-7,10-11H,2-5,8,12H2,1H3. The highest BCUT2D eigenvalue weighted by Gasteiger charge is 2.17. The van der Waals surface area contributed by atoms with Gasteiger partial charge in [0.15, 0.2) is 0 Å². The predicted molar refractivity (Wildman–Crippen MR) is 64.9 cm³/mol. The Hall–Kier alpha value is -0.480. The molecule has 15 heavy (non-hydrogen) atoms. The molecule has 2 N–H and O–H groups in total. The minimum absolute atomic E-state index is 0.143. The third-order valence-corrected chi connectivity index (χ3v) is 4.46. The second-order valence-corrected chi connectivity index (χ2v) is 5.63. The molecule has 84 valence electrons. The van der Waals surface area contributed by atoms with Crippen LogP contribution >= 0.6 is 11.8 Å². The molecule has 1 heterocycles. The minimum atomic E-state index is 0.143. The lowest BCUT2D eigenvalue weighted by Gasteiger charge is -2.12. The maximum atomic E-state index is 6.11. The van der Waals surface area contributed by atoms with Crippen LogP contribution in [-0.2, 0) is 7.05 Å². The van der Waals surface area contributed by atoms with E-state index >= 15 is 0 Å². The molecule has 1 saturated carbocycles. The molecule has 2 rings (SSSR count). The highest BCUT2D eigenvalue weighted by molar-refractivity contribution is 7.99. The van der Waals surface area contributed by atoms with Crippen molar-refractivity contribution in [3.8, 4) is 0 Å². The maximum absolute atomic E-state index is 6.11. The Labute approximate surface area is 95.4 Å². The van der Waals surface area contributed by atoms with Gasteiger partial charge in [-0.15, -0.1) is 0 Å². The third-order valence-electron chi connectivity index (χ3n) is 2.97. The summed E-state index contributed by atoms with van der Waals surface area (Å²) >= 11 is 2.03. The van der Waals surface area contributed by atoms with E-state index in [9.17, 15) is 0 Å². The van der Waals surface area contributed by atoms with Crippen LogP contribution in [0.25, 0.3) is 0 Å². The van der Waals surface area contributed by atoms with Gasteiger partial charge < -0.3 is 5.73 Å². The van der Waals surface area contributed by atoms with Crippen LogP contribution in [0.4, 0.5) is 0 Å².